The SMILES string of the molecule is OC[C@@H]1[C@H](CO)[C@H]2O[C@@H]12. The van der Waals surface area contributed by atoms with E-state index in [4.69, 9.17) is 14.9 Å². The third-order valence-corrected chi connectivity index (χ3v) is 2.38. The molecule has 3 nitrogen and oxygen atoms in total. The summed E-state index contributed by atoms with van der Waals surface area (Å²) in [6, 6.07) is 0. The van der Waals surface area contributed by atoms with Gasteiger partial charge in [0.25, 0.3) is 0 Å². The Balaban J connectivity index is 1.94. The number of rotatable bonds is 2. The molecule has 1 aliphatic carbocycles. The third-order valence-electron chi connectivity index (χ3n) is 2.38. The molecule has 9 heavy (non-hydrogen) atoms. The molecule has 4 atom stereocenters. The van der Waals surface area contributed by atoms with E-state index in [0.29, 0.717) is 0 Å². The van der Waals surface area contributed by atoms with Crippen LogP contribution >= 0.6 is 0 Å². The average Bonchev–Trinajstić information content (AvgIpc) is 2.47. The van der Waals surface area contributed by atoms with Gasteiger partial charge in [-0.25, -0.2) is 0 Å². The Labute approximate surface area is 53.3 Å². The number of hydrogen-bond acceptors (Lipinski definition) is 3. The van der Waals surface area contributed by atoms with Gasteiger partial charge in [0.1, 0.15) is 0 Å². The molecule has 2 rings (SSSR count). The molecule has 1 aliphatic heterocycles. The van der Waals surface area contributed by atoms with Crippen LogP contribution in [0.25, 0.3) is 0 Å². The highest BCUT2D eigenvalue weighted by atomic mass is 16.6. The molecule has 3 heteroatoms. The zero-order valence-electron chi connectivity index (χ0n) is 5.03. The Kier molecular flexibility index (Phi) is 1.06. The van der Waals surface area contributed by atoms with Gasteiger partial charge in [0.05, 0.1) is 12.2 Å². The smallest absolute Gasteiger partial charge is 0.0900 e. The third kappa shape index (κ3) is 0.569. The first-order valence-electron chi connectivity index (χ1n) is 3.25. The maximum absolute atomic E-state index is 8.69. The minimum absolute atomic E-state index is 0.159. The van der Waals surface area contributed by atoms with Crippen LogP contribution in [0.15, 0.2) is 0 Å². The molecule has 2 aliphatic rings. The largest absolute Gasteiger partial charge is 0.396 e. The van der Waals surface area contributed by atoms with E-state index in [9.17, 15) is 0 Å². The normalized spacial score (nSPS) is 54.0. The van der Waals surface area contributed by atoms with Gasteiger partial charge < -0.3 is 14.9 Å². The summed E-state index contributed by atoms with van der Waals surface area (Å²) in [5.74, 6) is 0.444. The summed E-state index contributed by atoms with van der Waals surface area (Å²) in [6.07, 6.45) is 0.569. The molecule has 1 saturated carbocycles. The Morgan fingerprint density at radius 2 is 1.44 bits per heavy atom. The van der Waals surface area contributed by atoms with Crippen molar-refractivity contribution >= 4 is 0 Å². The van der Waals surface area contributed by atoms with Crippen LogP contribution in [0.5, 0.6) is 0 Å². The van der Waals surface area contributed by atoms with Crippen LogP contribution in [-0.2, 0) is 4.74 Å². The van der Waals surface area contributed by atoms with E-state index in [1.54, 1.807) is 0 Å². The summed E-state index contributed by atoms with van der Waals surface area (Å²) < 4.78 is 5.11. The summed E-state index contributed by atoms with van der Waals surface area (Å²) in [4.78, 5) is 0. The first-order valence-corrected chi connectivity index (χ1v) is 3.25. The van der Waals surface area contributed by atoms with Crippen LogP contribution in [0.4, 0.5) is 0 Å². The van der Waals surface area contributed by atoms with E-state index in [1.807, 2.05) is 0 Å². The predicted octanol–water partition coefficient (Wildman–Crippen LogP) is -1.02. The van der Waals surface area contributed by atoms with Gasteiger partial charge in [-0.05, 0) is 0 Å². The lowest BCUT2D eigenvalue weighted by Gasteiger charge is -2.27. The highest BCUT2D eigenvalue weighted by Gasteiger charge is 2.63. The van der Waals surface area contributed by atoms with Gasteiger partial charge in [0.15, 0.2) is 0 Å². The van der Waals surface area contributed by atoms with Gasteiger partial charge in [-0.1, -0.05) is 0 Å². The molecule has 2 fully saturated rings. The molecule has 0 unspecified atom stereocenters. The number of epoxide rings is 1. The molecule has 52 valence electrons. The number of aliphatic hydroxyl groups excluding tert-OH is 2. The fourth-order valence-electron chi connectivity index (χ4n) is 1.65. The summed E-state index contributed by atoms with van der Waals surface area (Å²) >= 11 is 0. The number of ether oxygens (including phenoxy) is 1. The van der Waals surface area contributed by atoms with E-state index in [2.05, 4.69) is 0 Å². The molecular weight excluding hydrogens is 120 g/mol. The minimum Gasteiger partial charge on any atom is -0.396 e. The van der Waals surface area contributed by atoms with E-state index >= 15 is 0 Å². The maximum atomic E-state index is 8.69. The molecule has 1 heterocycles. The van der Waals surface area contributed by atoms with Gasteiger partial charge in [0, 0.05) is 25.0 Å². The van der Waals surface area contributed by atoms with Gasteiger partial charge in [-0.3, -0.25) is 0 Å². The lowest BCUT2D eigenvalue weighted by Crippen LogP contribution is -2.41. The molecule has 0 aromatic rings. The van der Waals surface area contributed by atoms with E-state index in [1.165, 1.54) is 0 Å². The molecule has 0 amide bonds. The van der Waals surface area contributed by atoms with E-state index < -0.39 is 0 Å². The van der Waals surface area contributed by atoms with E-state index in [-0.39, 0.29) is 37.3 Å². The standard InChI is InChI=1S/C6H10O3/c7-1-3-4(2-8)6-5(3)9-6/h3-8H,1-2H2/t3-,4+,5+,6-. The number of aliphatic hydroxyl groups is 2. The van der Waals surface area contributed by atoms with Crippen LogP contribution in [0.2, 0.25) is 0 Å². The van der Waals surface area contributed by atoms with Crippen LogP contribution in [0.3, 0.4) is 0 Å². The number of fused-ring (bicyclic) bond motifs is 1. The van der Waals surface area contributed by atoms with Crippen molar-refractivity contribution < 1.29 is 14.9 Å². The molecule has 0 bridgehead atoms. The first kappa shape index (κ1) is 5.65. The number of hydrogen-bond donors (Lipinski definition) is 2. The summed E-state index contributed by atoms with van der Waals surface area (Å²) in [7, 11) is 0. The van der Waals surface area contributed by atoms with Gasteiger partial charge in [-0.15, -0.1) is 0 Å². The van der Waals surface area contributed by atoms with E-state index in [0.717, 1.165) is 0 Å². The average molecular weight is 130 g/mol. The van der Waals surface area contributed by atoms with Gasteiger partial charge >= 0.3 is 0 Å². The molecule has 0 aromatic heterocycles. The van der Waals surface area contributed by atoms with Crippen LogP contribution < -0.4 is 0 Å². The minimum atomic E-state index is 0.159. The zero-order valence-corrected chi connectivity index (χ0v) is 5.03. The molecule has 0 spiro atoms. The second kappa shape index (κ2) is 1.68. The van der Waals surface area contributed by atoms with Crippen LogP contribution in [0, 0.1) is 11.8 Å². The monoisotopic (exact) mass is 130 g/mol. The maximum Gasteiger partial charge on any atom is 0.0900 e. The molecule has 2 N–H and O–H groups in total. The Bertz CT molecular complexity index is 111. The Hall–Kier alpha value is -0.120. The second-order valence-electron chi connectivity index (χ2n) is 2.76. The highest BCUT2D eigenvalue weighted by Crippen LogP contribution is 2.51. The van der Waals surface area contributed by atoms with Crippen molar-refractivity contribution in [2.24, 2.45) is 11.8 Å². The quantitative estimate of drug-likeness (QED) is 0.471. The summed E-state index contributed by atoms with van der Waals surface area (Å²) in [5, 5.41) is 17.4. The van der Waals surface area contributed by atoms with Crippen molar-refractivity contribution in [2.45, 2.75) is 12.2 Å². The van der Waals surface area contributed by atoms with Crippen molar-refractivity contribution in [1.82, 2.24) is 0 Å². The fourth-order valence-corrected chi connectivity index (χ4v) is 1.65. The van der Waals surface area contributed by atoms with Crippen molar-refractivity contribution in [3.05, 3.63) is 0 Å². The fraction of sp³-hybridized carbons (Fsp3) is 1.00. The first-order chi connectivity index (χ1) is 4.38. The van der Waals surface area contributed by atoms with Gasteiger partial charge in [0.2, 0.25) is 0 Å². The Morgan fingerprint density at radius 1 is 1.00 bits per heavy atom. The lowest BCUT2D eigenvalue weighted by atomic mass is 9.75. The predicted molar refractivity (Wildman–Crippen MR) is 29.8 cm³/mol. The molecule has 0 aromatic carbocycles. The molecule has 1 saturated heterocycles. The summed E-state index contributed by atoms with van der Waals surface area (Å²) in [5.41, 5.74) is 0. The molecule has 0 radical (unpaired) electrons. The van der Waals surface area contributed by atoms with Gasteiger partial charge in [-0.2, -0.15) is 0 Å². The van der Waals surface area contributed by atoms with Crippen molar-refractivity contribution in [1.29, 1.82) is 0 Å². The summed E-state index contributed by atoms with van der Waals surface area (Å²) in [6.45, 7) is 0.318. The molecular formula is C6H10O3. The topological polar surface area (TPSA) is 53.0 Å². The van der Waals surface area contributed by atoms with Crippen molar-refractivity contribution in [2.75, 3.05) is 13.2 Å². The zero-order chi connectivity index (χ0) is 6.43. The van der Waals surface area contributed by atoms with Crippen molar-refractivity contribution in [3.8, 4) is 0 Å². The van der Waals surface area contributed by atoms with Crippen LogP contribution in [0.1, 0.15) is 0 Å². The lowest BCUT2D eigenvalue weighted by molar-refractivity contribution is 0.0791. The van der Waals surface area contributed by atoms with Crippen LogP contribution in [-0.4, -0.2) is 35.6 Å². The van der Waals surface area contributed by atoms with Crippen molar-refractivity contribution in [3.63, 3.8) is 0 Å². The Morgan fingerprint density at radius 3 is 1.78 bits per heavy atom. The second-order valence-corrected chi connectivity index (χ2v) is 2.76. The highest BCUT2D eigenvalue weighted by molar-refractivity contribution is 5.09.